The first kappa shape index (κ1) is 13.3. The van der Waals surface area contributed by atoms with Gasteiger partial charge in [-0.25, -0.2) is 14.2 Å². The number of rotatable bonds is 2. The van der Waals surface area contributed by atoms with Crippen molar-refractivity contribution in [3.05, 3.63) is 53.0 Å². The van der Waals surface area contributed by atoms with Gasteiger partial charge in [0.15, 0.2) is 5.76 Å². The van der Waals surface area contributed by atoms with E-state index in [1.165, 1.54) is 18.4 Å². The second kappa shape index (κ2) is 4.70. The van der Waals surface area contributed by atoms with Gasteiger partial charge in [0, 0.05) is 5.39 Å². The SMILES string of the molecule is Cc1c(-c2ccco2)nc2c(C)cc(F)cc2c1C(=O)O. The predicted molar refractivity (Wildman–Crippen MR) is 75.8 cm³/mol. The third kappa shape index (κ3) is 2.07. The van der Waals surface area contributed by atoms with E-state index in [2.05, 4.69) is 4.98 Å². The largest absolute Gasteiger partial charge is 0.478 e. The normalized spacial score (nSPS) is 11.0. The van der Waals surface area contributed by atoms with Crippen LogP contribution in [-0.2, 0) is 0 Å². The summed E-state index contributed by atoms with van der Waals surface area (Å²) in [7, 11) is 0. The summed E-state index contributed by atoms with van der Waals surface area (Å²) in [6.45, 7) is 3.35. The zero-order valence-corrected chi connectivity index (χ0v) is 11.5. The van der Waals surface area contributed by atoms with Crippen LogP contribution in [0.3, 0.4) is 0 Å². The monoisotopic (exact) mass is 285 g/mol. The van der Waals surface area contributed by atoms with E-state index in [0.29, 0.717) is 33.5 Å². The maximum Gasteiger partial charge on any atom is 0.336 e. The van der Waals surface area contributed by atoms with Crippen molar-refractivity contribution in [1.29, 1.82) is 0 Å². The van der Waals surface area contributed by atoms with Gasteiger partial charge in [0.2, 0.25) is 0 Å². The minimum Gasteiger partial charge on any atom is -0.478 e. The Morgan fingerprint density at radius 1 is 1.33 bits per heavy atom. The summed E-state index contributed by atoms with van der Waals surface area (Å²) in [5.74, 6) is -1.10. The summed E-state index contributed by atoms with van der Waals surface area (Å²) in [5.41, 5.74) is 2.01. The highest BCUT2D eigenvalue weighted by Gasteiger charge is 2.20. The molecule has 0 saturated heterocycles. The van der Waals surface area contributed by atoms with E-state index in [-0.39, 0.29) is 5.56 Å². The summed E-state index contributed by atoms with van der Waals surface area (Å²) < 4.78 is 18.9. The molecule has 0 spiro atoms. The Morgan fingerprint density at radius 3 is 2.71 bits per heavy atom. The number of aromatic nitrogens is 1. The molecular weight excluding hydrogens is 273 g/mol. The molecule has 0 radical (unpaired) electrons. The summed E-state index contributed by atoms with van der Waals surface area (Å²) in [6, 6.07) is 5.96. The quantitative estimate of drug-likeness (QED) is 0.774. The van der Waals surface area contributed by atoms with Gasteiger partial charge >= 0.3 is 5.97 Å². The zero-order chi connectivity index (χ0) is 15.1. The minimum atomic E-state index is -1.11. The van der Waals surface area contributed by atoms with E-state index in [1.807, 2.05) is 0 Å². The summed E-state index contributed by atoms with van der Waals surface area (Å²) >= 11 is 0. The summed E-state index contributed by atoms with van der Waals surface area (Å²) in [5, 5.41) is 9.79. The average Bonchev–Trinajstić information content (AvgIpc) is 2.91. The minimum absolute atomic E-state index is 0.0500. The number of hydrogen-bond donors (Lipinski definition) is 1. The molecule has 0 aliphatic rings. The van der Waals surface area contributed by atoms with Gasteiger partial charge in [-0.1, -0.05) is 0 Å². The van der Waals surface area contributed by atoms with Crippen molar-refractivity contribution in [2.75, 3.05) is 0 Å². The van der Waals surface area contributed by atoms with Crippen LogP contribution in [0.5, 0.6) is 0 Å². The van der Waals surface area contributed by atoms with Crippen LogP contribution in [0.1, 0.15) is 21.5 Å². The lowest BCUT2D eigenvalue weighted by Crippen LogP contribution is -2.05. The fourth-order valence-electron chi connectivity index (χ4n) is 2.52. The number of nitrogens with zero attached hydrogens (tertiary/aromatic N) is 1. The van der Waals surface area contributed by atoms with Gasteiger partial charge in [-0.15, -0.1) is 0 Å². The number of carboxylic acids is 1. The molecule has 1 aromatic carbocycles. The zero-order valence-electron chi connectivity index (χ0n) is 11.5. The molecule has 2 aromatic heterocycles. The van der Waals surface area contributed by atoms with E-state index in [1.54, 1.807) is 26.0 Å². The molecule has 3 aromatic rings. The van der Waals surface area contributed by atoms with Crippen LogP contribution in [0.15, 0.2) is 34.9 Å². The molecule has 3 rings (SSSR count). The first-order valence-corrected chi connectivity index (χ1v) is 6.36. The lowest BCUT2D eigenvalue weighted by molar-refractivity contribution is 0.0698. The van der Waals surface area contributed by atoms with E-state index in [4.69, 9.17) is 4.42 Å². The van der Waals surface area contributed by atoms with Gasteiger partial charge in [0.25, 0.3) is 0 Å². The molecule has 4 nitrogen and oxygen atoms in total. The maximum absolute atomic E-state index is 13.6. The molecule has 0 atom stereocenters. The average molecular weight is 285 g/mol. The lowest BCUT2D eigenvalue weighted by atomic mass is 9.98. The number of pyridine rings is 1. The van der Waals surface area contributed by atoms with Crippen molar-refractivity contribution in [1.82, 2.24) is 4.98 Å². The Kier molecular flexibility index (Phi) is 2.97. The Morgan fingerprint density at radius 2 is 2.10 bits per heavy atom. The fourth-order valence-corrected chi connectivity index (χ4v) is 2.52. The van der Waals surface area contributed by atoms with Gasteiger partial charge in [-0.05, 0) is 49.2 Å². The smallest absolute Gasteiger partial charge is 0.336 e. The van der Waals surface area contributed by atoms with Crippen molar-refractivity contribution in [2.45, 2.75) is 13.8 Å². The number of aryl methyl sites for hydroxylation is 1. The molecule has 5 heteroatoms. The molecule has 0 saturated carbocycles. The Bertz CT molecular complexity index is 854. The predicted octanol–water partition coefficient (Wildman–Crippen LogP) is 3.95. The van der Waals surface area contributed by atoms with Crippen molar-refractivity contribution in [3.63, 3.8) is 0 Å². The van der Waals surface area contributed by atoms with Crippen LogP contribution in [0.2, 0.25) is 0 Å². The Hall–Kier alpha value is -2.69. The van der Waals surface area contributed by atoms with Gasteiger partial charge in [-0.3, -0.25) is 0 Å². The van der Waals surface area contributed by atoms with E-state index >= 15 is 0 Å². The topological polar surface area (TPSA) is 63.3 Å². The number of furan rings is 1. The number of fused-ring (bicyclic) bond motifs is 1. The van der Waals surface area contributed by atoms with Crippen molar-refractivity contribution in [3.8, 4) is 11.5 Å². The first-order chi connectivity index (χ1) is 9.99. The second-order valence-corrected chi connectivity index (χ2v) is 4.86. The molecule has 21 heavy (non-hydrogen) atoms. The first-order valence-electron chi connectivity index (χ1n) is 6.36. The van der Waals surface area contributed by atoms with Crippen LogP contribution in [0.4, 0.5) is 4.39 Å². The van der Waals surface area contributed by atoms with Gasteiger partial charge in [-0.2, -0.15) is 0 Å². The number of carbonyl (C=O) groups is 1. The maximum atomic E-state index is 13.6. The van der Waals surface area contributed by atoms with E-state index in [0.717, 1.165) is 0 Å². The molecule has 0 aliphatic heterocycles. The van der Waals surface area contributed by atoms with E-state index in [9.17, 15) is 14.3 Å². The molecule has 106 valence electrons. The van der Waals surface area contributed by atoms with E-state index < -0.39 is 11.8 Å². The highest BCUT2D eigenvalue weighted by atomic mass is 19.1. The van der Waals surface area contributed by atoms with Gasteiger partial charge < -0.3 is 9.52 Å². The van der Waals surface area contributed by atoms with Crippen LogP contribution in [0.25, 0.3) is 22.4 Å². The number of aromatic carboxylic acids is 1. The lowest BCUT2D eigenvalue weighted by Gasteiger charge is -2.12. The van der Waals surface area contributed by atoms with Gasteiger partial charge in [0.1, 0.15) is 11.5 Å². The molecule has 0 amide bonds. The number of hydrogen-bond acceptors (Lipinski definition) is 3. The van der Waals surface area contributed by atoms with Crippen molar-refractivity contribution in [2.24, 2.45) is 0 Å². The Labute approximate surface area is 119 Å². The van der Waals surface area contributed by atoms with Crippen LogP contribution in [-0.4, -0.2) is 16.1 Å². The molecule has 0 bridgehead atoms. The summed E-state index contributed by atoms with van der Waals surface area (Å²) in [4.78, 5) is 16.1. The van der Waals surface area contributed by atoms with Gasteiger partial charge in [0.05, 0.1) is 17.3 Å². The molecule has 0 fully saturated rings. The Balaban J connectivity index is 2.48. The number of carboxylic acid groups (broad SMARTS) is 1. The highest BCUT2D eigenvalue weighted by Crippen LogP contribution is 2.31. The van der Waals surface area contributed by atoms with Crippen molar-refractivity contribution < 1.29 is 18.7 Å². The molecule has 2 heterocycles. The standard InChI is InChI=1S/C16H12FNO3/c1-8-6-10(17)7-11-13(16(19)20)9(2)15(18-14(8)11)12-4-3-5-21-12/h3-7H,1-2H3,(H,19,20). The van der Waals surface area contributed by atoms with Crippen LogP contribution < -0.4 is 0 Å². The number of halogens is 1. The van der Waals surface area contributed by atoms with Crippen LogP contribution >= 0.6 is 0 Å². The highest BCUT2D eigenvalue weighted by molar-refractivity contribution is 6.06. The molecular formula is C16H12FNO3. The molecule has 0 unspecified atom stereocenters. The van der Waals surface area contributed by atoms with Crippen LogP contribution in [0, 0.1) is 19.7 Å². The number of benzene rings is 1. The van der Waals surface area contributed by atoms with Crippen molar-refractivity contribution >= 4 is 16.9 Å². The summed E-state index contributed by atoms with van der Waals surface area (Å²) in [6.07, 6.45) is 1.50. The molecule has 0 aliphatic carbocycles. The molecule has 1 N–H and O–H groups in total. The third-order valence-corrected chi connectivity index (χ3v) is 3.46. The third-order valence-electron chi connectivity index (χ3n) is 3.46. The fraction of sp³-hybridized carbons (Fsp3) is 0.125. The second-order valence-electron chi connectivity index (χ2n) is 4.86.